The molecule has 6 aromatic rings. The predicted octanol–water partition coefficient (Wildman–Crippen LogP) is 11.8. The molecule has 3 aliphatic carbocycles. The molecule has 2 heteroatoms. The fourth-order valence-corrected chi connectivity index (χ4v) is 8.82. The van der Waals surface area contributed by atoms with E-state index in [9.17, 15) is 0 Å². The molecule has 0 saturated heterocycles. The van der Waals surface area contributed by atoms with Crippen molar-refractivity contribution in [3.05, 3.63) is 178 Å². The van der Waals surface area contributed by atoms with Crippen LogP contribution in [0.2, 0.25) is 0 Å². The summed E-state index contributed by atoms with van der Waals surface area (Å²) in [5.74, 6) is 0. The average Bonchev–Trinajstić information content (AvgIpc) is 3.51. The molecule has 1 atom stereocenters. The molecule has 9 rings (SSSR count). The highest BCUT2D eigenvalue weighted by molar-refractivity contribution is 6.16. The van der Waals surface area contributed by atoms with Gasteiger partial charge in [0.1, 0.15) is 0 Å². The summed E-state index contributed by atoms with van der Waals surface area (Å²) < 4.78 is 2.41. The van der Waals surface area contributed by atoms with Crippen molar-refractivity contribution in [3.8, 4) is 16.8 Å². The molecule has 0 N–H and O–H groups in total. The lowest BCUT2D eigenvalue weighted by Crippen LogP contribution is -2.21. The van der Waals surface area contributed by atoms with Crippen LogP contribution in [0.3, 0.4) is 0 Å². The lowest BCUT2D eigenvalue weighted by Gasteiger charge is -2.27. The second-order valence-corrected chi connectivity index (χ2v) is 14.3. The number of aliphatic imine (C=N–C) groups is 1. The molecule has 0 bridgehead atoms. The van der Waals surface area contributed by atoms with Gasteiger partial charge in [0.2, 0.25) is 0 Å². The molecule has 1 heterocycles. The predicted molar refractivity (Wildman–Crippen MR) is 217 cm³/mol. The van der Waals surface area contributed by atoms with Crippen LogP contribution in [0.25, 0.3) is 45.9 Å². The van der Waals surface area contributed by atoms with E-state index in [4.69, 9.17) is 4.99 Å². The van der Waals surface area contributed by atoms with Crippen molar-refractivity contribution in [2.24, 2.45) is 4.99 Å². The van der Waals surface area contributed by atoms with Gasteiger partial charge in [0.05, 0.1) is 28.7 Å². The van der Waals surface area contributed by atoms with Gasteiger partial charge in [-0.1, -0.05) is 123 Å². The van der Waals surface area contributed by atoms with Crippen LogP contribution in [-0.2, 0) is 32.1 Å². The third-order valence-electron chi connectivity index (χ3n) is 11.3. The molecular formula is C49H44N2. The first-order valence-corrected chi connectivity index (χ1v) is 18.8. The van der Waals surface area contributed by atoms with E-state index in [0.29, 0.717) is 0 Å². The molecule has 0 saturated carbocycles. The topological polar surface area (TPSA) is 17.3 Å². The van der Waals surface area contributed by atoms with E-state index in [1.807, 2.05) is 6.08 Å². The number of para-hydroxylation sites is 2. The van der Waals surface area contributed by atoms with Crippen LogP contribution in [-0.4, -0.2) is 16.3 Å². The van der Waals surface area contributed by atoms with Crippen molar-refractivity contribution in [1.82, 2.24) is 4.57 Å². The van der Waals surface area contributed by atoms with E-state index < -0.39 is 0 Å². The van der Waals surface area contributed by atoms with Crippen LogP contribution in [0.15, 0.2) is 127 Å². The van der Waals surface area contributed by atoms with E-state index in [2.05, 4.69) is 146 Å². The van der Waals surface area contributed by atoms with Crippen LogP contribution in [0, 0.1) is 0 Å². The molecular weight excluding hydrogens is 617 g/mol. The third kappa shape index (κ3) is 5.54. The monoisotopic (exact) mass is 660 g/mol. The van der Waals surface area contributed by atoms with Crippen LogP contribution in [0.4, 0.5) is 0 Å². The number of aryl methyl sites for hydroxylation is 4. The minimum atomic E-state index is 0.199. The lowest BCUT2D eigenvalue weighted by atomic mass is 9.78. The van der Waals surface area contributed by atoms with Crippen molar-refractivity contribution in [1.29, 1.82) is 0 Å². The van der Waals surface area contributed by atoms with Gasteiger partial charge in [0.25, 0.3) is 0 Å². The number of hydrogen-bond donors (Lipinski definition) is 0. The fourth-order valence-electron chi connectivity index (χ4n) is 8.82. The first-order valence-electron chi connectivity index (χ1n) is 18.8. The Bertz CT molecular complexity index is 2410. The minimum absolute atomic E-state index is 0.199. The molecule has 5 aromatic carbocycles. The molecule has 0 radical (unpaired) electrons. The average molecular weight is 661 g/mol. The summed E-state index contributed by atoms with van der Waals surface area (Å²) in [6, 6.07) is 38.8. The Morgan fingerprint density at radius 1 is 0.804 bits per heavy atom. The van der Waals surface area contributed by atoms with Gasteiger partial charge in [-0.3, -0.25) is 4.99 Å². The maximum atomic E-state index is 5.79. The van der Waals surface area contributed by atoms with E-state index in [-0.39, 0.29) is 6.04 Å². The Kier molecular flexibility index (Phi) is 8.24. The molecule has 0 aliphatic heterocycles. The highest BCUT2D eigenvalue weighted by atomic mass is 15.0. The van der Waals surface area contributed by atoms with E-state index in [1.54, 1.807) is 0 Å². The van der Waals surface area contributed by atoms with Gasteiger partial charge in [-0.2, -0.15) is 0 Å². The van der Waals surface area contributed by atoms with Crippen LogP contribution in [0.5, 0.6) is 0 Å². The Morgan fingerprint density at radius 2 is 1.59 bits per heavy atom. The van der Waals surface area contributed by atoms with Gasteiger partial charge in [-0.05, 0) is 120 Å². The number of fused-ring (bicyclic) bond motifs is 7. The third-order valence-corrected chi connectivity index (χ3v) is 11.3. The first-order chi connectivity index (χ1) is 25.2. The molecule has 0 amide bonds. The molecule has 51 heavy (non-hydrogen) atoms. The molecule has 3 aliphatic rings. The van der Waals surface area contributed by atoms with Gasteiger partial charge in [-0.25, -0.2) is 0 Å². The summed E-state index contributed by atoms with van der Waals surface area (Å²) in [5.41, 5.74) is 19.6. The quantitative estimate of drug-likeness (QED) is 0.152. The Morgan fingerprint density at radius 3 is 2.49 bits per heavy atom. The molecule has 0 spiro atoms. The van der Waals surface area contributed by atoms with Gasteiger partial charge >= 0.3 is 0 Å². The Balaban J connectivity index is 1.27. The molecule has 2 nitrogen and oxygen atoms in total. The zero-order valence-electron chi connectivity index (χ0n) is 29.5. The lowest BCUT2D eigenvalue weighted by molar-refractivity contribution is 0.579. The van der Waals surface area contributed by atoms with Gasteiger partial charge in [0.15, 0.2) is 0 Å². The van der Waals surface area contributed by atoms with Gasteiger partial charge in [0, 0.05) is 22.1 Å². The van der Waals surface area contributed by atoms with Gasteiger partial charge in [-0.15, -0.1) is 0 Å². The highest BCUT2D eigenvalue weighted by Gasteiger charge is 2.26. The number of aromatic nitrogens is 1. The standard InChI is InChI=1S/C49H44N2/c1-3-5-17-41-42-19-10-12-21-46(42)51(45(41)4-2)47-22-13-11-20-43(47)49(50-39-30-29-33-14-6-7-16-37(33)31-39)38-28-25-35-24-27-36-26-23-34-15-8-9-18-40(34)48(36)44(35)32-38/h4-7,9-14,16-23,25-26,28,32,39H,2-3,8,15,24,27,29-31H2,1H3/b17-5-,50-49?. The summed E-state index contributed by atoms with van der Waals surface area (Å²) in [4.78, 5) is 5.79. The number of nitrogens with zero attached hydrogens (tertiary/aromatic N) is 2. The number of benzene rings is 5. The van der Waals surface area contributed by atoms with Crippen molar-refractivity contribution in [2.75, 3.05) is 0 Å². The van der Waals surface area contributed by atoms with E-state index >= 15 is 0 Å². The summed E-state index contributed by atoms with van der Waals surface area (Å²) in [6.45, 7) is 6.53. The Hall–Kier alpha value is -5.47. The summed E-state index contributed by atoms with van der Waals surface area (Å²) in [7, 11) is 0. The fraction of sp³-hybridized carbons (Fsp3) is 0.204. The highest BCUT2D eigenvalue weighted by Crippen LogP contribution is 2.41. The zero-order chi connectivity index (χ0) is 34.3. The van der Waals surface area contributed by atoms with Crippen molar-refractivity contribution in [3.63, 3.8) is 0 Å². The summed E-state index contributed by atoms with van der Waals surface area (Å²) in [6.07, 6.45) is 19.7. The maximum Gasteiger partial charge on any atom is 0.0743 e. The number of hydrogen-bond acceptors (Lipinski definition) is 1. The SMILES string of the molecule is C=Cc1c(/C=C\CC)c2ccccc2n1-c1ccccc1C(=NC1CCc2ccccc2C1)c1ccc2c(c1)-c1c(ccc3c1C=CCC3)CC2. The van der Waals surface area contributed by atoms with Gasteiger partial charge < -0.3 is 4.57 Å². The number of allylic oxidation sites excluding steroid dienone is 2. The maximum absolute atomic E-state index is 5.79. The Labute approximate surface area is 302 Å². The van der Waals surface area contributed by atoms with Crippen LogP contribution in [0.1, 0.15) is 82.0 Å². The smallest absolute Gasteiger partial charge is 0.0743 e. The van der Waals surface area contributed by atoms with Crippen LogP contribution < -0.4 is 0 Å². The normalized spacial score (nSPS) is 16.5. The molecule has 0 fully saturated rings. The second-order valence-electron chi connectivity index (χ2n) is 14.3. The number of rotatable bonds is 7. The first kappa shape index (κ1) is 31.5. The summed E-state index contributed by atoms with van der Waals surface area (Å²) in [5, 5.41) is 1.23. The van der Waals surface area contributed by atoms with E-state index in [0.717, 1.165) is 74.0 Å². The molecule has 1 unspecified atom stereocenters. The molecule has 250 valence electrons. The molecule has 1 aromatic heterocycles. The van der Waals surface area contributed by atoms with Crippen LogP contribution >= 0.6 is 0 Å². The second kappa shape index (κ2) is 13.3. The van der Waals surface area contributed by atoms with Crippen molar-refractivity contribution < 1.29 is 0 Å². The minimum Gasteiger partial charge on any atom is -0.309 e. The van der Waals surface area contributed by atoms with Crippen molar-refractivity contribution in [2.45, 2.75) is 64.3 Å². The van der Waals surface area contributed by atoms with Crippen molar-refractivity contribution >= 4 is 34.8 Å². The van der Waals surface area contributed by atoms with E-state index in [1.165, 1.54) is 66.5 Å². The zero-order valence-corrected chi connectivity index (χ0v) is 29.5. The largest absolute Gasteiger partial charge is 0.309 e. The summed E-state index contributed by atoms with van der Waals surface area (Å²) >= 11 is 0.